The summed E-state index contributed by atoms with van der Waals surface area (Å²) in [5, 5.41) is 0.584. The van der Waals surface area contributed by atoms with Gasteiger partial charge in [-0.15, -0.1) is 0 Å². The molecule has 1 aromatic rings. The van der Waals surface area contributed by atoms with Gasteiger partial charge in [-0.3, -0.25) is 4.72 Å². The number of para-hydroxylation sites is 1. The summed E-state index contributed by atoms with van der Waals surface area (Å²) in [5.41, 5.74) is 0.239. The molecule has 0 unspecified atom stereocenters. The van der Waals surface area contributed by atoms with Crippen molar-refractivity contribution < 1.29 is 8.42 Å². The quantitative estimate of drug-likeness (QED) is 0.932. The van der Waals surface area contributed by atoms with Crippen molar-refractivity contribution in [1.82, 2.24) is 4.31 Å². The van der Waals surface area contributed by atoms with Gasteiger partial charge in [-0.2, -0.15) is 12.7 Å². The molecular formula is C10H12Cl2N2O2S. The first-order valence-corrected chi connectivity index (χ1v) is 7.42. The number of nitrogens with zero attached hydrogens (tertiary/aromatic N) is 1. The van der Waals surface area contributed by atoms with E-state index < -0.39 is 10.2 Å². The lowest BCUT2D eigenvalue weighted by molar-refractivity contribution is 0.482. The minimum Gasteiger partial charge on any atom is -0.268 e. The number of rotatable bonds is 3. The van der Waals surface area contributed by atoms with Crippen molar-refractivity contribution in [3.8, 4) is 0 Å². The Labute approximate surface area is 111 Å². The second kappa shape index (κ2) is 5.02. The van der Waals surface area contributed by atoms with Crippen LogP contribution in [0.5, 0.6) is 0 Å². The average Bonchev–Trinajstić information content (AvgIpc) is 2.77. The lowest BCUT2D eigenvalue weighted by atomic mass is 10.3. The van der Waals surface area contributed by atoms with Crippen LogP contribution >= 0.6 is 23.2 Å². The highest BCUT2D eigenvalue weighted by atomic mass is 35.5. The second-order valence-corrected chi connectivity index (χ2v) is 6.29. The molecule has 4 nitrogen and oxygen atoms in total. The van der Waals surface area contributed by atoms with E-state index in [4.69, 9.17) is 23.2 Å². The number of halogens is 2. The van der Waals surface area contributed by atoms with Crippen molar-refractivity contribution in [3.05, 3.63) is 28.2 Å². The first-order chi connectivity index (χ1) is 8.00. The standard InChI is InChI=1S/C10H12Cl2N2O2S/c11-8-4-3-5-9(12)10(8)13-17(15,16)14-6-1-2-7-14/h3-5,13H,1-2,6-7H2. The van der Waals surface area contributed by atoms with Crippen LogP contribution in [-0.4, -0.2) is 25.8 Å². The van der Waals surface area contributed by atoms with E-state index in [2.05, 4.69) is 4.72 Å². The van der Waals surface area contributed by atoms with Crippen molar-refractivity contribution in [2.75, 3.05) is 17.8 Å². The van der Waals surface area contributed by atoms with Crippen LogP contribution in [0, 0.1) is 0 Å². The molecule has 1 aromatic carbocycles. The average molecular weight is 295 g/mol. The molecule has 0 amide bonds. The van der Waals surface area contributed by atoms with Crippen LogP contribution in [0.25, 0.3) is 0 Å². The third-order valence-corrected chi connectivity index (χ3v) is 4.74. The predicted molar refractivity (Wildman–Crippen MR) is 69.8 cm³/mol. The number of nitrogens with one attached hydrogen (secondary N) is 1. The largest absolute Gasteiger partial charge is 0.301 e. The third-order valence-electron chi connectivity index (χ3n) is 2.60. The molecule has 94 valence electrons. The van der Waals surface area contributed by atoms with Gasteiger partial charge in [0.1, 0.15) is 0 Å². The van der Waals surface area contributed by atoms with Crippen molar-refractivity contribution in [1.29, 1.82) is 0 Å². The second-order valence-electron chi connectivity index (χ2n) is 3.81. The lowest BCUT2D eigenvalue weighted by Crippen LogP contribution is -2.33. The Balaban J connectivity index is 2.26. The Kier molecular flexibility index (Phi) is 3.82. The molecular weight excluding hydrogens is 283 g/mol. The molecule has 0 atom stereocenters. The van der Waals surface area contributed by atoms with Crippen LogP contribution in [-0.2, 0) is 10.2 Å². The van der Waals surface area contributed by atoms with Crippen LogP contribution in [0.3, 0.4) is 0 Å². The molecule has 17 heavy (non-hydrogen) atoms. The fraction of sp³-hybridized carbons (Fsp3) is 0.400. The van der Waals surface area contributed by atoms with Crippen LogP contribution in [0.1, 0.15) is 12.8 Å². The van der Waals surface area contributed by atoms with E-state index in [0.29, 0.717) is 23.1 Å². The van der Waals surface area contributed by atoms with Gasteiger partial charge in [0, 0.05) is 13.1 Å². The molecule has 0 spiro atoms. The molecule has 0 bridgehead atoms. The highest BCUT2D eigenvalue weighted by Gasteiger charge is 2.26. The van der Waals surface area contributed by atoms with Gasteiger partial charge in [0.25, 0.3) is 0 Å². The van der Waals surface area contributed by atoms with Gasteiger partial charge < -0.3 is 0 Å². The van der Waals surface area contributed by atoms with Crippen molar-refractivity contribution in [3.63, 3.8) is 0 Å². The Morgan fingerprint density at radius 1 is 1.12 bits per heavy atom. The first kappa shape index (κ1) is 13.0. The van der Waals surface area contributed by atoms with Gasteiger partial charge in [-0.05, 0) is 25.0 Å². The van der Waals surface area contributed by atoms with Crippen LogP contribution in [0.15, 0.2) is 18.2 Å². The van der Waals surface area contributed by atoms with E-state index in [0.717, 1.165) is 12.8 Å². The van der Waals surface area contributed by atoms with Gasteiger partial charge >= 0.3 is 10.2 Å². The predicted octanol–water partition coefficient (Wildman–Crippen LogP) is 2.75. The fourth-order valence-corrected chi connectivity index (χ4v) is 3.67. The molecule has 1 heterocycles. The molecule has 0 aromatic heterocycles. The third kappa shape index (κ3) is 2.85. The van der Waals surface area contributed by atoms with Crippen LogP contribution in [0.4, 0.5) is 5.69 Å². The monoisotopic (exact) mass is 294 g/mol. The zero-order valence-electron chi connectivity index (χ0n) is 8.99. The van der Waals surface area contributed by atoms with Crippen LogP contribution in [0.2, 0.25) is 10.0 Å². The topological polar surface area (TPSA) is 49.4 Å². The summed E-state index contributed by atoms with van der Waals surface area (Å²) in [5.74, 6) is 0. The van der Waals surface area contributed by atoms with Gasteiger partial charge in [0.2, 0.25) is 0 Å². The molecule has 0 saturated carbocycles. The normalized spacial score (nSPS) is 17.3. The Morgan fingerprint density at radius 2 is 1.65 bits per heavy atom. The number of hydrogen-bond acceptors (Lipinski definition) is 2. The Hall–Kier alpha value is -0.490. The van der Waals surface area contributed by atoms with Crippen molar-refractivity contribution >= 4 is 39.1 Å². The number of benzene rings is 1. The fourth-order valence-electron chi connectivity index (χ4n) is 1.72. The Bertz CT molecular complexity index is 493. The van der Waals surface area contributed by atoms with Gasteiger partial charge in [-0.1, -0.05) is 29.3 Å². The van der Waals surface area contributed by atoms with Gasteiger partial charge in [0.05, 0.1) is 15.7 Å². The molecule has 7 heteroatoms. The Morgan fingerprint density at radius 3 is 2.18 bits per heavy atom. The maximum absolute atomic E-state index is 12.0. The zero-order chi connectivity index (χ0) is 12.5. The summed E-state index contributed by atoms with van der Waals surface area (Å²) in [6, 6.07) is 4.85. The zero-order valence-corrected chi connectivity index (χ0v) is 11.3. The molecule has 2 rings (SSSR count). The minimum atomic E-state index is -3.54. The van der Waals surface area contributed by atoms with Gasteiger partial charge in [-0.25, -0.2) is 0 Å². The smallest absolute Gasteiger partial charge is 0.268 e. The summed E-state index contributed by atoms with van der Waals surface area (Å²) in [6.07, 6.45) is 1.77. The minimum absolute atomic E-state index is 0.239. The van der Waals surface area contributed by atoms with Crippen molar-refractivity contribution in [2.24, 2.45) is 0 Å². The first-order valence-electron chi connectivity index (χ1n) is 5.22. The lowest BCUT2D eigenvalue weighted by Gasteiger charge is -2.18. The molecule has 0 aliphatic carbocycles. The van der Waals surface area contributed by atoms with E-state index in [9.17, 15) is 8.42 Å². The maximum atomic E-state index is 12.0. The van der Waals surface area contributed by atoms with Crippen LogP contribution < -0.4 is 4.72 Å². The highest BCUT2D eigenvalue weighted by molar-refractivity contribution is 7.90. The molecule has 1 saturated heterocycles. The summed E-state index contributed by atoms with van der Waals surface area (Å²) in [4.78, 5) is 0. The van der Waals surface area contributed by atoms with E-state index in [1.165, 1.54) is 4.31 Å². The van der Waals surface area contributed by atoms with Crippen molar-refractivity contribution in [2.45, 2.75) is 12.8 Å². The summed E-state index contributed by atoms with van der Waals surface area (Å²) in [7, 11) is -3.54. The van der Waals surface area contributed by atoms with E-state index in [-0.39, 0.29) is 5.69 Å². The molecule has 0 radical (unpaired) electrons. The highest BCUT2D eigenvalue weighted by Crippen LogP contribution is 2.31. The summed E-state index contributed by atoms with van der Waals surface area (Å²) in [6.45, 7) is 1.08. The summed E-state index contributed by atoms with van der Waals surface area (Å²) < 4.78 is 27.8. The maximum Gasteiger partial charge on any atom is 0.301 e. The van der Waals surface area contributed by atoms with E-state index in [1.807, 2.05) is 0 Å². The van der Waals surface area contributed by atoms with Gasteiger partial charge in [0.15, 0.2) is 0 Å². The SMILES string of the molecule is O=S(=O)(Nc1c(Cl)cccc1Cl)N1CCCC1. The molecule has 1 N–H and O–H groups in total. The molecule has 1 fully saturated rings. The van der Waals surface area contributed by atoms with E-state index >= 15 is 0 Å². The van der Waals surface area contributed by atoms with E-state index in [1.54, 1.807) is 18.2 Å². The number of anilines is 1. The molecule has 1 aliphatic rings. The summed E-state index contributed by atoms with van der Waals surface area (Å²) >= 11 is 11.8. The molecule has 1 aliphatic heterocycles. The number of hydrogen-bond donors (Lipinski definition) is 1.